The third-order valence-electron chi connectivity index (χ3n) is 3.22. The Bertz CT molecular complexity index is 552. The van der Waals surface area contributed by atoms with Crippen LogP contribution in [0, 0.1) is 6.92 Å². The van der Waals surface area contributed by atoms with Gasteiger partial charge in [0.05, 0.1) is 5.69 Å². The number of hydrogen-bond donors (Lipinski definition) is 0. The molecule has 0 unspecified atom stereocenters. The molecule has 0 fully saturated rings. The SMILES string of the molecule is Cc1cccc(C(C)(C)c2ccccc2[S][Al])n1. The van der Waals surface area contributed by atoms with Gasteiger partial charge in [-0.25, -0.2) is 0 Å². The molecule has 0 aliphatic heterocycles. The summed E-state index contributed by atoms with van der Waals surface area (Å²) in [5, 5.41) is 0. The predicted octanol–water partition coefficient (Wildman–Crippen LogP) is 3.89. The highest BCUT2D eigenvalue weighted by molar-refractivity contribution is 8.19. The average Bonchev–Trinajstić information content (AvgIpc) is 2.38. The summed E-state index contributed by atoms with van der Waals surface area (Å²) in [6.07, 6.45) is 0. The highest BCUT2D eigenvalue weighted by atomic mass is 32.3. The maximum absolute atomic E-state index is 4.68. The van der Waals surface area contributed by atoms with E-state index in [1.165, 1.54) is 10.5 Å². The minimum atomic E-state index is -0.0772. The first-order chi connectivity index (χ1) is 8.55. The van der Waals surface area contributed by atoms with Gasteiger partial charge in [-0.3, -0.25) is 15.1 Å². The molecule has 18 heavy (non-hydrogen) atoms. The van der Waals surface area contributed by atoms with Gasteiger partial charge in [-0.15, -0.1) is 0 Å². The van der Waals surface area contributed by atoms with Crippen LogP contribution in [-0.4, -0.2) is 20.1 Å². The van der Waals surface area contributed by atoms with E-state index in [0.29, 0.717) is 0 Å². The summed E-state index contributed by atoms with van der Waals surface area (Å²) in [7, 11) is 1.71. The lowest BCUT2D eigenvalue weighted by Gasteiger charge is -2.27. The fourth-order valence-electron chi connectivity index (χ4n) is 2.11. The molecule has 0 saturated heterocycles. The Kier molecular flexibility index (Phi) is 4.17. The Morgan fingerprint density at radius 3 is 2.44 bits per heavy atom. The zero-order chi connectivity index (χ0) is 13.2. The summed E-state index contributed by atoms with van der Waals surface area (Å²) in [5.74, 6) is 0. The summed E-state index contributed by atoms with van der Waals surface area (Å²) < 4.78 is 0. The summed E-state index contributed by atoms with van der Waals surface area (Å²) >= 11 is 2.73. The van der Waals surface area contributed by atoms with E-state index < -0.39 is 0 Å². The van der Waals surface area contributed by atoms with Gasteiger partial charge in [0.1, 0.15) is 0 Å². The second-order valence-corrected chi connectivity index (χ2v) is 6.29. The molecule has 3 heteroatoms. The molecular formula is C15H16AlNS. The van der Waals surface area contributed by atoms with Gasteiger partial charge in [0, 0.05) is 11.1 Å². The molecule has 2 radical (unpaired) electrons. The van der Waals surface area contributed by atoms with Crippen molar-refractivity contribution in [3.8, 4) is 0 Å². The van der Waals surface area contributed by atoms with Gasteiger partial charge in [-0.05, 0) is 29.5 Å². The second kappa shape index (κ2) is 5.49. The quantitative estimate of drug-likeness (QED) is 0.784. The van der Waals surface area contributed by atoms with Crippen LogP contribution in [-0.2, 0) is 5.41 Å². The molecule has 0 amide bonds. The predicted molar refractivity (Wildman–Crippen MR) is 79.2 cm³/mol. The lowest BCUT2D eigenvalue weighted by atomic mass is 9.81. The van der Waals surface area contributed by atoms with Gasteiger partial charge in [0.15, 0.2) is 0 Å². The molecule has 2 rings (SSSR count). The van der Waals surface area contributed by atoms with E-state index in [0.717, 1.165) is 11.4 Å². The van der Waals surface area contributed by atoms with Crippen molar-refractivity contribution in [3.05, 3.63) is 59.4 Å². The first-order valence-electron chi connectivity index (χ1n) is 5.96. The van der Waals surface area contributed by atoms with Gasteiger partial charge < -0.3 is 0 Å². The summed E-state index contributed by atoms with van der Waals surface area (Å²) in [5.41, 5.74) is 3.43. The van der Waals surface area contributed by atoms with E-state index in [1.54, 1.807) is 10.1 Å². The molecule has 0 aliphatic carbocycles. The van der Waals surface area contributed by atoms with Crippen molar-refractivity contribution in [1.29, 1.82) is 0 Å². The van der Waals surface area contributed by atoms with Crippen molar-refractivity contribution in [2.45, 2.75) is 31.1 Å². The normalized spacial score (nSPS) is 11.5. The fraction of sp³-hybridized carbons (Fsp3) is 0.267. The summed E-state index contributed by atoms with van der Waals surface area (Å²) in [4.78, 5) is 5.97. The molecule has 90 valence electrons. The molecule has 0 N–H and O–H groups in total. The number of pyridine rings is 1. The molecule has 1 aromatic heterocycles. The molecule has 2 aromatic rings. The topological polar surface area (TPSA) is 12.9 Å². The maximum Gasteiger partial charge on any atom is 0.241 e. The van der Waals surface area contributed by atoms with Crippen molar-refractivity contribution in [3.63, 3.8) is 0 Å². The molecule has 1 aromatic carbocycles. The van der Waals surface area contributed by atoms with E-state index in [2.05, 4.69) is 70.4 Å². The van der Waals surface area contributed by atoms with Crippen molar-refractivity contribution < 1.29 is 0 Å². The van der Waals surface area contributed by atoms with E-state index >= 15 is 0 Å². The third kappa shape index (κ3) is 2.64. The van der Waals surface area contributed by atoms with Crippen molar-refractivity contribution in [2.75, 3.05) is 0 Å². The van der Waals surface area contributed by atoms with Crippen molar-refractivity contribution in [2.24, 2.45) is 0 Å². The number of benzene rings is 1. The lowest BCUT2D eigenvalue weighted by Crippen LogP contribution is -2.21. The maximum atomic E-state index is 4.68. The number of rotatable bonds is 3. The van der Waals surface area contributed by atoms with Crippen molar-refractivity contribution in [1.82, 2.24) is 4.98 Å². The Labute approximate surface area is 120 Å². The van der Waals surface area contributed by atoms with Crippen LogP contribution in [0.15, 0.2) is 47.4 Å². The number of aryl methyl sites for hydroxylation is 1. The molecule has 0 atom stereocenters. The van der Waals surface area contributed by atoms with Crippen LogP contribution in [0.3, 0.4) is 0 Å². The number of hydrogen-bond acceptors (Lipinski definition) is 2. The summed E-state index contributed by atoms with van der Waals surface area (Å²) in [6.45, 7) is 6.50. The largest absolute Gasteiger partial charge is 0.257 e. The fourth-order valence-corrected chi connectivity index (χ4v) is 3.34. The van der Waals surface area contributed by atoms with Gasteiger partial charge in [0.2, 0.25) is 15.2 Å². The van der Waals surface area contributed by atoms with Gasteiger partial charge >= 0.3 is 0 Å². The molecule has 1 heterocycles. The standard InChI is InChI=1S/C15H17NS.Al/c1-11-7-6-10-14(16-11)15(2,3)12-8-4-5-9-13(12)17;/h4-10,17H,1-3H3;/q;+1/p-1. The average molecular weight is 269 g/mol. The van der Waals surface area contributed by atoms with Crippen LogP contribution in [0.25, 0.3) is 0 Å². The van der Waals surface area contributed by atoms with Gasteiger partial charge in [0.25, 0.3) is 0 Å². The second-order valence-electron chi connectivity index (χ2n) is 4.90. The Morgan fingerprint density at radius 1 is 1.06 bits per heavy atom. The van der Waals surface area contributed by atoms with Crippen LogP contribution in [0.4, 0.5) is 0 Å². The lowest BCUT2D eigenvalue weighted by molar-refractivity contribution is 0.602. The minimum Gasteiger partial charge on any atom is -0.257 e. The Morgan fingerprint density at radius 2 is 1.78 bits per heavy atom. The molecular weight excluding hydrogens is 253 g/mol. The first kappa shape index (κ1) is 13.7. The molecule has 1 nitrogen and oxygen atoms in total. The van der Waals surface area contributed by atoms with E-state index in [4.69, 9.17) is 0 Å². The smallest absolute Gasteiger partial charge is 0.241 e. The minimum absolute atomic E-state index is 0.0772. The molecule has 0 bridgehead atoms. The number of nitrogens with zero attached hydrogens (tertiary/aromatic N) is 1. The highest BCUT2D eigenvalue weighted by Crippen LogP contribution is 2.35. The van der Waals surface area contributed by atoms with E-state index in [1.807, 2.05) is 13.0 Å². The summed E-state index contributed by atoms with van der Waals surface area (Å²) in [6, 6.07) is 14.7. The zero-order valence-corrected chi connectivity index (χ0v) is 12.9. The van der Waals surface area contributed by atoms with Gasteiger partial charge in [-0.1, -0.05) is 44.2 Å². The Balaban J connectivity index is 2.54. The van der Waals surface area contributed by atoms with Crippen LogP contribution in [0.1, 0.15) is 30.8 Å². The highest BCUT2D eigenvalue weighted by Gasteiger charge is 2.26. The van der Waals surface area contributed by atoms with Crippen molar-refractivity contribution >= 4 is 25.3 Å². The zero-order valence-electron chi connectivity index (χ0n) is 11.0. The van der Waals surface area contributed by atoms with E-state index in [-0.39, 0.29) is 5.41 Å². The molecule has 0 aliphatic rings. The van der Waals surface area contributed by atoms with Crippen LogP contribution in [0.5, 0.6) is 0 Å². The van der Waals surface area contributed by atoms with E-state index in [9.17, 15) is 0 Å². The van der Waals surface area contributed by atoms with Gasteiger partial charge in [-0.2, -0.15) is 0 Å². The monoisotopic (exact) mass is 269 g/mol. The number of aromatic nitrogens is 1. The Hall–Kier alpha value is -0.748. The molecule has 0 spiro atoms. The van der Waals surface area contributed by atoms with Crippen LogP contribution >= 0.6 is 10.1 Å². The first-order valence-corrected chi connectivity index (χ1v) is 8.25. The molecule has 0 saturated carbocycles. The van der Waals surface area contributed by atoms with Crippen LogP contribution in [0.2, 0.25) is 0 Å². The van der Waals surface area contributed by atoms with Crippen LogP contribution < -0.4 is 0 Å². The third-order valence-corrected chi connectivity index (χ3v) is 4.59.